The van der Waals surface area contributed by atoms with Gasteiger partial charge in [0.25, 0.3) is 5.91 Å². The molecule has 1 amide bonds. The summed E-state index contributed by atoms with van der Waals surface area (Å²) in [5.74, 6) is 1.23. The van der Waals surface area contributed by atoms with E-state index in [1.165, 1.54) is 5.56 Å². The molecule has 31 heavy (non-hydrogen) atoms. The molecule has 0 saturated carbocycles. The van der Waals surface area contributed by atoms with E-state index in [0.717, 1.165) is 5.56 Å². The molecule has 0 atom stereocenters. The molecule has 8 heteroatoms. The minimum atomic E-state index is -0.412. The van der Waals surface area contributed by atoms with Crippen LogP contribution in [0.25, 0.3) is 0 Å². The lowest BCUT2D eigenvalue weighted by atomic mass is 10.1. The average molecular weight is 481 g/mol. The Bertz CT molecular complexity index is 1180. The van der Waals surface area contributed by atoms with Gasteiger partial charge in [0.1, 0.15) is 18.1 Å². The highest BCUT2D eigenvalue weighted by molar-refractivity contribution is 9.10. The number of anilines is 1. The van der Waals surface area contributed by atoms with Gasteiger partial charge in [0.2, 0.25) is 0 Å². The van der Waals surface area contributed by atoms with E-state index in [2.05, 4.69) is 55.8 Å². The summed E-state index contributed by atoms with van der Waals surface area (Å²) in [7, 11) is 0. The van der Waals surface area contributed by atoms with Crippen LogP contribution in [-0.2, 0) is 13.2 Å². The number of amides is 1. The monoisotopic (exact) mass is 480 g/mol. The molecule has 0 fully saturated rings. The number of benzene rings is 2. The summed E-state index contributed by atoms with van der Waals surface area (Å²) < 4.78 is 13.4. The molecule has 0 aliphatic carbocycles. The third-order valence-electron chi connectivity index (χ3n) is 4.74. The lowest BCUT2D eigenvalue weighted by molar-refractivity contribution is 0.101. The highest BCUT2D eigenvalue weighted by atomic mass is 79.9. The topological polar surface area (TPSA) is 82.2 Å². The van der Waals surface area contributed by atoms with Crippen molar-refractivity contribution in [2.75, 3.05) is 5.32 Å². The molecule has 0 bridgehead atoms. The van der Waals surface area contributed by atoms with Crippen LogP contribution in [0.4, 0.5) is 5.82 Å². The van der Waals surface area contributed by atoms with Crippen molar-refractivity contribution in [1.82, 2.24) is 14.9 Å². The quantitative estimate of drug-likeness (QED) is 0.396. The van der Waals surface area contributed by atoms with E-state index < -0.39 is 5.91 Å². The smallest absolute Gasteiger partial charge is 0.279 e. The van der Waals surface area contributed by atoms with Gasteiger partial charge >= 0.3 is 0 Å². The number of aromatic nitrogens is 3. The summed E-state index contributed by atoms with van der Waals surface area (Å²) >= 11 is 3.46. The number of carbonyl (C=O) groups is 1. The van der Waals surface area contributed by atoms with E-state index in [1.807, 2.05) is 43.5 Å². The van der Waals surface area contributed by atoms with Gasteiger partial charge in [-0.1, -0.05) is 53.2 Å². The molecule has 158 valence electrons. The Hall–Kier alpha value is -3.39. The molecule has 0 saturated heterocycles. The maximum Gasteiger partial charge on any atom is 0.279 e. The zero-order valence-electron chi connectivity index (χ0n) is 17.1. The van der Waals surface area contributed by atoms with Crippen LogP contribution in [0, 0.1) is 13.8 Å². The molecular formula is C23H21BrN4O3. The average Bonchev–Trinajstić information content (AvgIpc) is 3.30. The van der Waals surface area contributed by atoms with Crippen molar-refractivity contribution in [2.24, 2.45) is 0 Å². The summed E-state index contributed by atoms with van der Waals surface area (Å²) in [6.45, 7) is 4.56. The number of hydrogen-bond acceptors (Lipinski definition) is 5. The third kappa shape index (κ3) is 5.03. The maximum atomic E-state index is 12.9. The molecule has 0 spiro atoms. The minimum Gasteiger partial charge on any atom is -0.489 e. The van der Waals surface area contributed by atoms with Crippen LogP contribution in [-0.4, -0.2) is 20.8 Å². The van der Waals surface area contributed by atoms with Crippen molar-refractivity contribution >= 4 is 27.7 Å². The fraction of sp³-hybridized carbons (Fsp3) is 0.174. The lowest BCUT2D eigenvalue weighted by Crippen LogP contribution is -2.16. The lowest BCUT2D eigenvalue weighted by Gasteiger charge is -2.06. The van der Waals surface area contributed by atoms with Gasteiger partial charge in [-0.15, -0.1) is 0 Å². The Morgan fingerprint density at radius 2 is 1.87 bits per heavy atom. The number of para-hydroxylation sites is 1. The Balaban J connectivity index is 1.46. The molecule has 1 N–H and O–H groups in total. The molecule has 0 aliphatic heterocycles. The molecule has 4 aromatic rings. The Labute approximate surface area is 188 Å². The van der Waals surface area contributed by atoms with Crippen molar-refractivity contribution in [3.05, 3.63) is 93.4 Å². The molecule has 2 heterocycles. The number of nitrogens with zero attached hydrogens (tertiary/aromatic N) is 3. The van der Waals surface area contributed by atoms with Gasteiger partial charge in [0.05, 0.1) is 16.6 Å². The molecule has 7 nitrogen and oxygen atoms in total. The summed E-state index contributed by atoms with van der Waals surface area (Å²) in [4.78, 5) is 12.9. The number of rotatable bonds is 7. The fourth-order valence-electron chi connectivity index (χ4n) is 3.02. The van der Waals surface area contributed by atoms with E-state index in [1.54, 1.807) is 11.6 Å². The standard InChI is InChI=1S/C23H21BrN4O3/c1-15-8-10-17(11-9-15)12-28-13-20(24)22(26-28)25-23(29)21-19(16(2)31-27-21)14-30-18-6-4-3-5-7-18/h3-11,13H,12,14H2,1-2H3,(H,25,26,29). The zero-order valence-corrected chi connectivity index (χ0v) is 18.7. The van der Waals surface area contributed by atoms with Gasteiger partial charge in [-0.3, -0.25) is 9.48 Å². The summed E-state index contributed by atoms with van der Waals surface area (Å²) in [6.07, 6.45) is 1.82. The van der Waals surface area contributed by atoms with Gasteiger partial charge in [0, 0.05) is 6.20 Å². The first kappa shape index (κ1) is 20.9. The van der Waals surface area contributed by atoms with Crippen LogP contribution >= 0.6 is 15.9 Å². The second kappa shape index (κ2) is 9.18. The summed E-state index contributed by atoms with van der Waals surface area (Å²) in [6, 6.07) is 17.6. The number of ether oxygens (including phenoxy) is 1. The third-order valence-corrected chi connectivity index (χ3v) is 5.32. The first-order chi connectivity index (χ1) is 15.0. The molecule has 0 aliphatic rings. The van der Waals surface area contributed by atoms with Gasteiger partial charge in [-0.2, -0.15) is 5.10 Å². The highest BCUT2D eigenvalue weighted by Crippen LogP contribution is 2.23. The largest absolute Gasteiger partial charge is 0.489 e. The molecular weight excluding hydrogens is 460 g/mol. The van der Waals surface area contributed by atoms with Crippen molar-refractivity contribution in [1.29, 1.82) is 0 Å². The van der Waals surface area contributed by atoms with Gasteiger partial charge in [-0.25, -0.2) is 0 Å². The van der Waals surface area contributed by atoms with Gasteiger partial charge in [-0.05, 0) is 47.5 Å². The van der Waals surface area contributed by atoms with E-state index in [-0.39, 0.29) is 12.3 Å². The Morgan fingerprint density at radius 3 is 2.61 bits per heavy atom. The Kier molecular flexibility index (Phi) is 6.18. The minimum absolute atomic E-state index is 0.172. The summed E-state index contributed by atoms with van der Waals surface area (Å²) in [5, 5.41) is 11.2. The van der Waals surface area contributed by atoms with Crippen LogP contribution in [0.5, 0.6) is 5.75 Å². The van der Waals surface area contributed by atoms with Crippen LogP contribution in [0.1, 0.15) is 32.9 Å². The molecule has 4 rings (SSSR count). The van der Waals surface area contributed by atoms with Gasteiger partial charge < -0.3 is 14.6 Å². The second-order valence-electron chi connectivity index (χ2n) is 7.13. The van der Waals surface area contributed by atoms with Crippen LogP contribution in [0.3, 0.4) is 0 Å². The summed E-state index contributed by atoms with van der Waals surface area (Å²) in [5.41, 5.74) is 3.09. The van der Waals surface area contributed by atoms with E-state index in [0.29, 0.717) is 33.9 Å². The maximum absolute atomic E-state index is 12.9. The molecule has 2 aromatic heterocycles. The van der Waals surface area contributed by atoms with Crippen LogP contribution in [0.15, 0.2) is 69.8 Å². The van der Waals surface area contributed by atoms with E-state index in [4.69, 9.17) is 9.26 Å². The first-order valence-electron chi connectivity index (χ1n) is 9.72. The zero-order chi connectivity index (χ0) is 21.8. The first-order valence-corrected chi connectivity index (χ1v) is 10.5. The fourth-order valence-corrected chi connectivity index (χ4v) is 3.44. The molecule has 0 unspecified atom stereocenters. The van der Waals surface area contributed by atoms with Crippen LogP contribution < -0.4 is 10.1 Å². The van der Waals surface area contributed by atoms with Crippen molar-refractivity contribution in [2.45, 2.75) is 27.0 Å². The number of hydrogen-bond donors (Lipinski definition) is 1. The van der Waals surface area contributed by atoms with E-state index >= 15 is 0 Å². The van der Waals surface area contributed by atoms with E-state index in [9.17, 15) is 4.79 Å². The molecule has 2 aromatic carbocycles. The second-order valence-corrected chi connectivity index (χ2v) is 7.98. The number of aryl methyl sites for hydroxylation is 2. The number of carbonyl (C=O) groups excluding carboxylic acids is 1. The number of nitrogens with one attached hydrogen (secondary N) is 1. The molecule has 0 radical (unpaired) electrons. The highest BCUT2D eigenvalue weighted by Gasteiger charge is 2.22. The van der Waals surface area contributed by atoms with Crippen molar-refractivity contribution < 1.29 is 14.1 Å². The van der Waals surface area contributed by atoms with Crippen molar-refractivity contribution in [3.63, 3.8) is 0 Å². The van der Waals surface area contributed by atoms with Crippen LogP contribution in [0.2, 0.25) is 0 Å². The Morgan fingerprint density at radius 1 is 1.13 bits per heavy atom. The number of halogens is 1. The van der Waals surface area contributed by atoms with Gasteiger partial charge in [0.15, 0.2) is 11.5 Å². The normalized spacial score (nSPS) is 10.8. The SMILES string of the molecule is Cc1ccc(Cn2cc(Br)c(NC(=O)c3noc(C)c3COc3ccccc3)n2)cc1. The predicted octanol–water partition coefficient (Wildman–Crippen LogP) is 5.13. The van der Waals surface area contributed by atoms with Crippen molar-refractivity contribution in [3.8, 4) is 5.75 Å². The predicted molar refractivity (Wildman–Crippen MR) is 120 cm³/mol.